The molecular weight excluding hydrogens is 252 g/mol. The van der Waals surface area contributed by atoms with Crippen LogP contribution in [0.15, 0.2) is 0 Å². The summed E-state index contributed by atoms with van der Waals surface area (Å²) in [7, 11) is 4.08. The van der Waals surface area contributed by atoms with E-state index >= 15 is 0 Å². The molecule has 0 amide bonds. The Morgan fingerprint density at radius 2 is 1.58 bits per heavy atom. The van der Waals surface area contributed by atoms with E-state index in [0.29, 0.717) is 19.3 Å². The molecule has 1 aliphatic rings. The van der Waals surface area contributed by atoms with Crippen LogP contribution in [0.5, 0.6) is 0 Å². The van der Waals surface area contributed by atoms with Gasteiger partial charge in [0.1, 0.15) is 6.29 Å². The van der Waals surface area contributed by atoms with Crippen molar-refractivity contribution in [3.8, 4) is 0 Å². The van der Waals surface area contributed by atoms with Crippen molar-refractivity contribution < 1.29 is 28.6 Å². The van der Waals surface area contributed by atoms with E-state index in [0.717, 1.165) is 6.29 Å². The second kappa shape index (κ2) is 6.65. The third kappa shape index (κ3) is 3.53. The first-order valence-electron chi connectivity index (χ1n) is 6.13. The number of carbonyl (C=O) groups is 3. The summed E-state index contributed by atoms with van der Waals surface area (Å²) in [4.78, 5) is 34.8. The molecule has 19 heavy (non-hydrogen) atoms. The van der Waals surface area contributed by atoms with Crippen LogP contribution < -0.4 is 0 Å². The highest BCUT2D eigenvalue weighted by atomic mass is 16.5. The van der Waals surface area contributed by atoms with E-state index in [1.807, 2.05) is 0 Å². The van der Waals surface area contributed by atoms with Gasteiger partial charge < -0.3 is 19.0 Å². The average molecular weight is 272 g/mol. The van der Waals surface area contributed by atoms with Crippen LogP contribution >= 0.6 is 0 Å². The monoisotopic (exact) mass is 272 g/mol. The lowest BCUT2D eigenvalue weighted by molar-refractivity contribution is -0.157. The SMILES string of the molecule is COCC1(C=O)CC(C(=O)OC)CC(C(=O)OC)C1. The van der Waals surface area contributed by atoms with Gasteiger partial charge in [0.2, 0.25) is 0 Å². The molecule has 0 N–H and O–H groups in total. The molecule has 0 spiro atoms. The Morgan fingerprint density at radius 3 is 1.89 bits per heavy atom. The molecule has 0 aliphatic heterocycles. The summed E-state index contributed by atoms with van der Waals surface area (Å²) < 4.78 is 14.5. The molecule has 0 aromatic rings. The third-order valence-electron chi connectivity index (χ3n) is 3.63. The van der Waals surface area contributed by atoms with Crippen molar-refractivity contribution in [3.05, 3.63) is 0 Å². The summed E-state index contributed by atoms with van der Waals surface area (Å²) in [5.74, 6) is -1.78. The minimum atomic E-state index is -0.829. The predicted molar refractivity (Wildman–Crippen MR) is 65.2 cm³/mol. The van der Waals surface area contributed by atoms with Gasteiger partial charge in [0.15, 0.2) is 0 Å². The Labute approximate surface area is 112 Å². The first-order valence-corrected chi connectivity index (χ1v) is 6.13. The van der Waals surface area contributed by atoms with Crippen molar-refractivity contribution in [2.75, 3.05) is 27.9 Å². The Bertz CT molecular complexity index is 327. The number of esters is 2. The van der Waals surface area contributed by atoms with Crippen LogP contribution in [0.25, 0.3) is 0 Å². The van der Waals surface area contributed by atoms with Crippen LogP contribution in [0.1, 0.15) is 19.3 Å². The standard InChI is InChI=1S/C13H20O6/c1-17-8-13(7-14)5-9(11(15)18-2)4-10(6-13)12(16)19-3/h7,9-10H,4-6,8H2,1-3H3. The molecule has 0 heterocycles. The number of aldehydes is 1. The van der Waals surface area contributed by atoms with Crippen molar-refractivity contribution in [1.82, 2.24) is 0 Å². The van der Waals surface area contributed by atoms with Crippen molar-refractivity contribution in [2.24, 2.45) is 17.3 Å². The molecular formula is C13H20O6. The van der Waals surface area contributed by atoms with E-state index in [9.17, 15) is 14.4 Å². The summed E-state index contributed by atoms with van der Waals surface area (Å²) in [5.41, 5.74) is -0.829. The zero-order valence-corrected chi connectivity index (χ0v) is 11.5. The third-order valence-corrected chi connectivity index (χ3v) is 3.63. The van der Waals surface area contributed by atoms with Gasteiger partial charge in [0.05, 0.1) is 38.1 Å². The summed E-state index contributed by atoms with van der Waals surface area (Å²) in [6, 6.07) is 0. The molecule has 0 radical (unpaired) electrons. The Hall–Kier alpha value is -1.43. The summed E-state index contributed by atoms with van der Waals surface area (Å²) in [6.07, 6.45) is 1.80. The van der Waals surface area contributed by atoms with Gasteiger partial charge >= 0.3 is 11.9 Å². The maximum atomic E-state index is 11.7. The number of carbonyl (C=O) groups excluding carboxylic acids is 3. The lowest BCUT2D eigenvalue weighted by Gasteiger charge is -2.38. The van der Waals surface area contributed by atoms with E-state index < -0.39 is 29.2 Å². The molecule has 1 aliphatic carbocycles. The smallest absolute Gasteiger partial charge is 0.308 e. The van der Waals surface area contributed by atoms with Gasteiger partial charge in [-0.05, 0) is 19.3 Å². The molecule has 2 atom stereocenters. The summed E-state index contributed by atoms with van der Waals surface area (Å²) in [5, 5.41) is 0. The van der Waals surface area contributed by atoms with E-state index in [1.54, 1.807) is 0 Å². The number of methoxy groups -OCH3 is 3. The lowest BCUT2D eigenvalue weighted by Crippen LogP contribution is -2.43. The highest BCUT2D eigenvalue weighted by Gasteiger charge is 2.46. The maximum Gasteiger partial charge on any atom is 0.308 e. The topological polar surface area (TPSA) is 78.9 Å². The highest BCUT2D eigenvalue weighted by Crippen LogP contribution is 2.42. The van der Waals surface area contributed by atoms with Gasteiger partial charge in [-0.25, -0.2) is 0 Å². The van der Waals surface area contributed by atoms with Gasteiger partial charge in [-0.1, -0.05) is 0 Å². The van der Waals surface area contributed by atoms with E-state index in [4.69, 9.17) is 14.2 Å². The van der Waals surface area contributed by atoms with Crippen molar-refractivity contribution >= 4 is 18.2 Å². The Balaban J connectivity index is 2.97. The molecule has 6 heteroatoms. The average Bonchev–Trinajstić information content (AvgIpc) is 2.45. The van der Waals surface area contributed by atoms with Crippen LogP contribution in [-0.2, 0) is 28.6 Å². The predicted octanol–water partition coefficient (Wildman–Crippen LogP) is 0.580. The van der Waals surface area contributed by atoms with E-state index in [1.165, 1.54) is 21.3 Å². The van der Waals surface area contributed by atoms with Gasteiger partial charge in [0, 0.05) is 7.11 Å². The van der Waals surface area contributed by atoms with Crippen LogP contribution in [0.3, 0.4) is 0 Å². The molecule has 0 aromatic carbocycles. The zero-order chi connectivity index (χ0) is 14.5. The van der Waals surface area contributed by atoms with Crippen LogP contribution in [0.4, 0.5) is 0 Å². The number of hydrogen-bond donors (Lipinski definition) is 0. The maximum absolute atomic E-state index is 11.7. The second-order valence-corrected chi connectivity index (χ2v) is 5.00. The lowest BCUT2D eigenvalue weighted by atomic mass is 9.66. The summed E-state index contributed by atoms with van der Waals surface area (Å²) in [6.45, 7) is 0.178. The number of rotatable bonds is 5. The van der Waals surface area contributed by atoms with Crippen molar-refractivity contribution in [1.29, 1.82) is 0 Å². The Morgan fingerprint density at radius 1 is 1.11 bits per heavy atom. The normalized spacial score (nSPS) is 30.5. The molecule has 1 fully saturated rings. The van der Waals surface area contributed by atoms with Crippen molar-refractivity contribution in [3.63, 3.8) is 0 Å². The van der Waals surface area contributed by atoms with Gasteiger partial charge in [-0.2, -0.15) is 0 Å². The Kier molecular flexibility index (Phi) is 5.47. The molecule has 6 nitrogen and oxygen atoms in total. The number of hydrogen-bond acceptors (Lipinski definition) is 6. The largest absolute Gasteiger partial charge is 0.469 e. The molecule has 1 saturated carbocycles. The van der Waals surface area contributed by atoms with Gasteiger partial charge in [-0.3, -0.25) is 9.59 Å². The minimum absolute atomic E-state index is 0.178. The van der Waals surface area contributed by atoms with Crippen LogP contribution in [0.2, 0.25) is 0 Å². The fourth-order valence-corrected chi connectivity index (χ4v) is 2.80. The van der Waals surface area contributed by atoms with Crippen LogP contribution in [-0.4, -0.2) is 46.2 Å². The fraction of sp³-hybridized carbons (Fsp3) is 0.769. The van der Waals surface area contributed by atoms with Crippen molar-refractivity contribution in [2.45, 2.75) is 19.3 Å². The molecule has 1 rings (SSSR count). The highest BCUT2D eigenvalue weighted by molar-refractivity contribution is 5.78. The van der Waals surface area contributed by atoms with Gasteiger partial charge in [-0.15, -0.1) is 0 Å². The molecule has 0 bridgehead atoms. The van der Waals surface area contributed by atoms with Crippen LogP contribution in [0, 0.1) is 17.3 Å². The van der Waals surface area contributed by atoms with Gasteiger partial charge in [0.25, 0.3) is 0 Å². The number of ether oxygens (including phenoxy) is 3. The zero-order valence-electron chi connectivity index (χ0n) is 11.5. The summed E-state index contributed by atoms with van der Waals surface area (Å²) >= 11 is 0. The quantitative estimate of drug-likeness (QED) is 0.538. The minimum Gasteiger partial charge on any atom is -0.469 e. The van der Waals surface area contributed by atoms with E-state index in [-0.39, 0.29) is 6.61 Å². The second-order valence-electron chi connectivity index (χ2n) is 5.00. The first kappa shape index (κ1) is 15.6. The molecule has 2 unspecified atom stereocenters. The molecule has 108 valence electrons. The molecule has 0 aromatic heterocycles. The van der Waals surface area contributed by atoms with E-state index in [2.05, 4.69) is 0 Å². The molecule has 0 saturated heterocycles. The first-order chi connectivity index (χ1) is 9.01. The fourth-order valence-electron chi connectivity index (χ4n) is 2.80.